The van der Waals surface area contributed by atoms with E-state index in [0.717, 1.165) is 0 Å². The van der Waals surface area contributed by atoms with Gasteiger partial charge in [-0.2, -0.15) is 0 Å². The van der Waals surface area contributed by atoms with Crippen molar-refractivity contribution in [2.24, 2.45) is 5.92 Å². The molecular formula is C11H20O4. The largest absolute Gasteiger partial charge is 0.457 e. The number of hydrogen-bond acceptors (Lipinski definition) is 4. The van der Waals surface area contributed by atoms with E-state index in [4.69, 9.17) is 9.47 Å². The topological polar surface area (TPSA) is 52.6 Å². The molecule has 0 saturated carbocycles. The summed E-state index contributed by atoms with van der Waals surface area (Å²) in [6.45, 7) is 10.2. The summed E-state index contributed by atoms with van der Waals surface area (Å²) in [5, 5.41) is 0. The highest BCUT2D eigenvalue weighted by atomic mass is 16.6. The summed E-state index contributed by atoms with van der Waals surface area (Å²) in [5.41, 5.74) is -0.565. The Morgan fingerprint density at radius 2 is 1.60 bits per heavy atom. The van der Waals surface area contributed by atoms with Crippen molar-refractivity contribution >= 4 is 11.9 Å². The summed E-state index contributed by atoms with van der Waals surface area (Å²) < 4.78 is 10.1. The third kappa shape index (κ3) is 6.10. The molecule has 0 fully saturated rings. The molecule has 0 bridgehead atoms. The second-order valence-electron chi connectivity index (χ2n) is 4.81. The highest BCUT2D eigenvalue weighted by Crippen LogP contribution is 2.14. The molecule has 0 rings (SSSR count). The fourth-order valence-corrected chi connectivity index (χ4v) is 0.995. The van der Waals surface area contributed by atoms with Crippen molar-refractivity contribution in [2.45, 2.75) is 53.2 Å². The van der Waals surface area contributed by atoms with Crippen LogP contribution in [0.25, 0.3) is 0 Å². The van der Waals surface area contributed by atoms with Crippen LogP contribution >= 0.6 is 0 Å². The molecule has 0 heterocycles. The molecule has 4 heteroatoms. The van der Waals surface area contributed by atoms with E-state index in [2.05, 4.69) is 0 Å². The molecular weight excluding hydrogens is 196 g/mol. The van der Waals surface area contributed by atoms with E-state index in [1.807, 2.05) is 0 Å². The fourth-order valence-electron chi connectivity index (χ4n) is 0.995. The Hall–Kier alpha value is -1.06. The van der Waals surface area contributed by atoms with Crippen LogP contribution in [-0.2, 0) is 19.1 Å². The minimum atomic E-state index is -0.818. The Morgan fingerprint density at radius 3 is 1.87 bits per heavy atom. The van der Waals surface area contributed by atoms with Crippen LogP contribution in [0.5, 0.6) is 0 Å². The van der Waals surface area contributed by atoms with Gasteiger partial charge in [-0.15, -0.1) is 0 Å². The van der Waals surface area contributed by atoms with Crippen molar-refractivity contribution < 1.29 is 19.1 Å². The molecule has 1 atom stereocenters. The van der Waals surface area contributed by atoms with Gasteiger partial charge >= 0.3 is 11.9 Å². The Morgan fingerprint density at radius 1 is 1.13 bits per heavy atom. The molecule has 0 saturated heterocycles. The van der Waals surface area contributed by atoms with E-state index >= 15 is 0 Å². The van der Waals surface area contributed by atoms with E-state index in [0.29, 0.717) is 0 Å². The van der Waals surface area contributed by atoms with Gasteiger partial charge in [-0.25, -0.2) is 4.79 Å². The molecule has 0 N–H and O–H groups in total. The summed E-state index contributed by atoms with van der Waals surface area (Å²) in [4.78, 5) is 22.4. The Balaban J connectivity index is 4.50. The second-order valence-corrected chi connectivity index (χ2v) is 4.81. The standard InChI is InChI=1S/C11H20O4/c1-7(2)9(14-8(3)12)10(13)15-11(4,5)6/h7,9H,1-6H3/t9-/m0/s1. The first-order chi connectivity index (χ1) is 6.63. The maximum atomic E-state index is 11.6. The molecule has 0 spiro atoms. The third-order valence-electron chi connectivity index (χ3n) is 1.54. The van der Waals surface area contributed by atoms with Gasteiger partial charge in [0.2, 0.25) is 6.10 Å². The molecule has 15 heavy (non-hydrogen) atoms. The van der Waals surface area contributed by atoms with Crippen molar-refractivity contribution in [3.8, 4) is 0 Å². The zero-order valence-electron chi connectivity index (χ0n) is 10.3. The molecule has 0 aromatic carbocycles. The van der Waals surface area contributed by atoms with Crippen LogP contribution in [0.15, 0.2) is 0 Å². The van der Waals surface area contributed by atoms with Crippen LogP contribution in [0.1, 0.15) is 41.5 Å². The minimum absolute atomic E-state index is 0.0938. The predicted octanol–water partition coefficient (Wildman–Crippen LogP) is 1.92. The zero-order chi connectivity index (χ0) is 12.2. The van der Waals surface area contributed by atoms with Gasteiger partial charge in [0.1, 0.15) is 5.60 Å². The summed E-state index contributed by atoms with van der Waals surface area (Å²) >= 11 is 0. The lowest BCUT2D eigenvalue weighted by molar-refractivity contribution is -0.177. The van der Waals surface area contributed by atoms with Gasteiger partial charge in [0.25, 0.3) is 0 Å². The van der Waals surface area contributed by atoms with Crippen molar-refractivity contribution in [3.63, 3.8) is 0 Å². The van der Waals surface area contributed by atoms with Crippen molar-refractivity contribution in [2.75, 3.05) is 0 Å². The Bertz CT molecular complexity index is 237. The molecule has 4 nitrogen and oxygen atoms in total. The monoisotopic (exact) mass is 216 g/mol. The van der Waals surface area contributed by atoms with Crippen LogP contribution < -0.4 is 0 Å². The number of rotatable bonds is 3. The zero-order valence-corrected chi connectivity index (χ0v) is 10.3. The predicted molar refractivity (Wildman–Crippen MR) is 56.2 cm³/mol. The first-order valence-corrected chi connectivity index (χ1v) is 5.03. The van der Waals surface area contributed by atoms with E-state index in [1.165, 1.54) is 6.92 Å². The molecule has 0 amide bonds. The molecule has 0 aliphatic carbocycles. The molecule has 0 unspecified atom stereocenters. The van der Waals surface area contributed by atoms with Gasteiger partial charge < -0.3 is 9.47 Å². The van der Waals surface area contributed by atoms with E-state index in [9.17, 15) is 9.59 Å². The lowest BCUT2D eigenvalue weighted by atomic mass is 10.1. The molecule has 88 valence electrons. The minimum Gasteiger partial charge on any atom is -0.457 e. The van der Waals surface area contributed by atoms with E-state index in [-0.39, 0.29) is 5.92 Å². The highest BCUT2D eigenvalue weighted by Gasteiger charge is 2.30. The fraction of sp³-hybridized carbons (Fsp3) is 0.818. The normalized spacial score (nSPS) is 13.5. The summed E-state index contributed by atoms with van der Waals surface area (Å²) in [6.07, 6.45) is -0.818. The quantitative estimate of drug-likeness (QED) is 0.676. The Kier molecular flexibility index (Phi) is 4.78. The van der Waals surface area contributed by atoms with Gasteiger partial charge in [-0.05, 0) is 20.8 Å². The molecule has 0 aliphatic heterocycles. The number of carbonyl (C=O) groups excluding carboxylic acids is 2. The first kappa shape index (κ1) is 13.9. The summed E-state index contributed by atoms with van der Waals surface area (Å²) in [7, 11) is 0. The SMILES string of the molecule is CC(=O)O[C@H](C(=O)OC(C)(C)C)C(C)C. The summed E-state index contributed by atoms with van der Waals surface area (Å²) in [6, 6.07) is 0. The number of ether oxygens (including phenoxy) is 2. The van der Waals surface area contributed by atoms with Crippen LogP contribution in [-0.4, -0.2) is 23.6 Å². The highest BCUT2D eigenvalue weighted by molar-refractivity contribution is 5.79. The average molecular weight is 216 g/mol. The lowest BCUT2D eigenvalue weighted by Gasteiger charge is -2.25. The average Bonchev–Trinajstić information content (AvgIpc) is 1.95. The Labute approximate surface area is 90.9 Å². The van der Waals surface area contributed by atoms with Gasteiger partial charge in [0.15, 0.2) is 0 Å². The molecule has 0 aromatic rings. The van der Waals surface area contributed by atoms with Gasteiger partial charge in [0, 0.05) is 12.8 Å². The number of esters is 2. The van der Waals surface area contributed by atoms with Crippen molar-refractivity contribution in [1.82, 2.24) is 0 Å². The van der Waals surface area contributed by atoms with Gasteiger partial charge in [-0.3, -0.25) is 4.79 Å². The van der Waals surface area contributed by atoms with Gasteiger partial charge in [-0.1, -0.05) is 13.8 Å². The molecule has 0 aliphatic rings. The summed E-state index contributed by atoms with van der Waals surface area (Å²) in [5.74, 6) is -1.06. The van der Waals surface area contributed by atoms with Crippen molar-refractivity contribution in [3.05, 3.63) is 0 Å². The van der Waals surface area contributed by atoms with E-state index < -0.39 is 23.6 Å². The third-order valence-corrected chi connectivity index (χ3v) is 1.54. The van der Waals surface area contributed by atoms with E-state index in [1.54, 1.807) is 34.6 Å². The van der Waals surface area contributed by atoms with Crippen LogP contribution in [0.4, 0.5) is 0 Å². The maximum Gasteiger partial charge on any atom is 0.348 e. The lowest BCUT2D eigenvalue weighted by Crippen LogP contribution is -2.37. The number of hydrogen-bond donors (Lipinski definition) is 0. The van der Waals surface area contributed by atoms with Crippen LogP contribution in [0.2, 0.25) is 0 Å². The smallest absolute Gasteiger partial charge is 0.348 e. The van der Waals surface area contributed by atoms with Crippen LogP contribution in [0, 0.1) is 5.92 Å². The maximum absolute atomic E-state index is 11.6. The van der Waals surface area contributed by atoms with Crippen LogP contribution in [0.3, 0.4) is 0 Å². The molecule has 0 aromatic heterocycles. The molecule has 0 radical (unpaired) electrons. The number of carbonyl (C=O) groups is 2. The first-order valence-electron chi connectivity index (χ1n) is 5.03. The van der Waals surface area contributed by atoms with Gasteiger partial charge in [0.05, 0.1) is 0 Å². The second kappa shape index (κ2) is 5.14. The van der Waals surface area contributed by atoms with Crippen molar-refractivity contribution in [1.29, 1.82) is 0 Å².